The second-order valence-corrected chi connectivity index (χ2v) is 11.1. The molecule has 36 heavy (non-hydrogen) atoms. The fraction of sp³-hybridized carbons (Fsp3) is 0.200. The summed E-state index contributed by atoms with van der Waals surface area (Å²) in [5.41, 5.74) is 3.22. The van der Waals surface area contributed by atoms with Crippen molar-refractivity contribution in [2.75, 3.05) is 0 Å². The summed E-state index contributed by atoms with van der Waals surface area (Å²) in [6.45, 7) is 7.95. The minimum Gasteiger partial charge on any atom is -0.296 e. The Hall–Kier alpha value is -3.48. The van der Waals surface area contributed by atoms with E-state index in [0.29, 0.717) is 21.1 Å². The van der Waals surface area contributed by atoms with Crippen LogP contribution in [0.3, 0.4) is 0 Å². The fourth-order valence-corrected chi connectivity index (χ4v) is 7.17. The van der Waals surface area contributed by atoms with Gasteiger partial charge < -0.3 is 0 Å². The van der Waals surface area contributed by atoms with E-state index in [9.17, 15) is 9.59 Å². The second-order valence-electron chi connectivity index (χ2n) is 10.3. The topological polar surface area (TPSA) is 40.6 Å². The first kappa shape index (κ1) is 21.8. The maximum Gasteiger partial charge on any atom is 0.259 e. The van der Waals surface area contributed by atoms with Crippen LogP contribution in [0.25, 0.3) is 43.1 Å². The standard InChI is InChI=1S/C30H22N2O2S2/c1-13(2)31-27(33)19-9-5-15-18-8-12-22-26-20(28(34)32(14(3)4)30(22)36)10-6-16(24(18)26)17-7-11-21(29(31)35)25(19)23(15)17/h5-14H,1-4H3. The van der Waals surface area contributed by atoms with Gasteiger partial charge in [0.25, 0.3) is 11.8 Å². The van der Waals surface area contributed by atoms with Gasteiger partial charge in [0, 0.05) is 45.1 Å². The zero-order valence-corrected chi connectivity index (χ0v) is 21.9. The molecule has 2 aliphatic rings. The van der Waals surface area contributed by atoms with Crippen molar-refractivity contribution >= 4 is 89.3 Å². The van der Waals surface area contributed by atoms with Crippen molar-refractivity contribution in [3.8, 4) is 0 Å². The fourth-order valence-electron chi connectivity index (χ4n) is 6.24. The highest BCUT2D eigenvalue weighted by Crippen LogP contribution is 2.46. The van der Waals surface area contributed by atoms with Crippen LogP contribution in [0.1, 0.15) is 59.5 Å². The number of nitrogens with zero attached hydrogens (tertiary/aromatic N) is 2. The molecule has 0 bridgehead atoms. The van der Waals surface area contributed by atoms with Gasteiger partial charge >= 0.3 is 0 Å². The maximum atomic E-state index is 13.5. The number of amides is 2. The Morgan fingerprint density at radius 3 is 1.11 bits per heavy atom. The summed E-state index contributed by atoms with van der Waals surface area (Å²) >= 11 is 11.6. The van der Waals surface area contributed by atoms with Gasteiger partial charge in [0.05, 0.1) is 0 Å². The monoisotopic (exact) mass is 506 g/mol. The first-order valence-electron chi connectivity index (χ1n) is 12.2. The Labute approximate surface area is 218 Å². The van der Waals surface area contributed by atoms with Gasteiger partial charge in [-0.1, -0.05) is 60.8 Å². The first-order chi connectivity index (χ1) is 17.2. The number of hydrogen-bond donors (Lipinski definition) is 0. The number of thiocarbonyl (C=S) groups is 2. The van der Waals surface area contributed by atoms with E-state index in [1.54, 1.807) is 9.80 Å². The molecule has 0 aromatic heterocycles. The SMILES string of the molecule is CC(C)N1C(=O)c2ccc3c4ccc5c6c(ccc(c7ccc(c2c37)C1=S)c64)C(=O)N(C(C)C)C5=S. The van der Waals surface area contributed by atoms with E-state index in [-0.39, 0.29) is 23.9 Å². The molecule has 0 spiro atoms. The molecule has 7 rings (SSSR count). The Balaban J connectivity index is 1.66. The molecule has 5 aromatic carbocycles. The van der Waals surface area contributed by atoms with E-state index in [0.717, 1.165) is 54.2 Å². The van der Waals surface area contributed by atoms with Crippen LogP contribution < -0.4 is 0 Å². The zero-order valence-electron chi connectivity index (χ0n) is 20.3. The lowest BCUT2D eigenvalue weighted by atomic mass is 9.82. The largest absolute Gasteiger partial charge is 0.296 e. The normalized spacial score (nSPS) is 15.8. The van der Waals surface area contributed by atoms with Crippen molar-refractivity contribution in [2.24, 2.45) is 0 Å². The zero-order chi connectivity index (χ0) is 25.2. The molecule has 0 aliphatic carbocycles. The summed E-state index contributed by atoms with van der Waals surface area (Å²) in [5, 5.41) is 8.17. The van der Waals surface area contributed by atoms with Crippen molar-refractivity contribution in [3.63, 3.8) is 0 Å². The summed E-state index contributed by atoms with van der Waals surface area (Å²) in [6, 6.07) is 16.2. The van der Waals surface area contributed by atoms with Crippen LogP contribution in [0.5, 0.6) is 0 Å². The molecule has 0 atom stereocenters. The molecule has 4 nitrogen and oxygen atoms in total. The van der Waals surface area contributed by atoms with Crippen molar-refractivity contribution in [1.82, 2.24) is 9.80 Å². The predicted molar refractivity (Wildman–Crippen MR) is 154 cm³/mol. The number of hydrogen-bond acceptors (Lipinski definition) is 4. The highest BCUT2D eigenvalue weighted by molar-refractivity contribution is 7.81. The number of rotatable bonds is 2. The van der Waals surface area contributed by atoms with Crippen molar-refractivity contribution in [2.45, 2.75) is 39.8 Å². The third-order valence-electron chi connectivity index (χ3n) is 7.73. The summed E-state index contributed by atoms with van der Waals surface area (Å²) in [4.78, 5) is 31.6. The summed E-state index contributed by atoms with van der Waals surface area (Å²) < 4.78 is 0. The molecule has 2 heterocycles. The number of fused-ring (bicyclic) bond motifs is 2. The Morgan fingerprint density at radius 1 is 0.500 bits per heavy atom. The highest BCUT2D eigenvalue weighted by atomic mass is 32.1. The molecular formula is C30H22N2O2S2. The second kappa shape index (κ2) is 7.05. The first-order valence-corrected chi connectivity index (χ1v) is 13.0. The summed E-state index contributed by atoms with van der Waals surface area (Å²) in [6.07, 6.45) is 0. The van der Waals surface area contributed by atoms with Gasteiger partial charge in [0.2, 0.25) is 0 Å². The van der Waals surface area contributed by atoms with Gasteiger partial charge in [-0.3, -0.25) is 19.4 Å². The number of carbonyl (C=O) groups excluding carboxylic acids is 2. The van der Waals surface area contributed by atoms with Crippen molar-refractivity contribution in [3.05, 3.63) is 70.8 Å². The van der Waals surface area contributed by atoms with Crippen LogP contribution in [-0.2, 0) is 0 Å². The quantitative estimate of drug-likeness (QED) is 0.150. The minimum atomic E-state index is -0.0491. The molecule has 0 unspecified atom stereocenters. The molecule has 2 aliphatic heterocycles. The average Bonchev–Trinajstić information content (AvgIpc) is 2.84. The molecular weight excluding hydrogens is 484 g/mol. The van der Waals surface area contributed by atoms with Crippen LogP contribution in [0.15, 0.2) is 48.5 Å². The number of benzene rings is 5. The summed E-state index contributed by atoms with van der Waals surface area (Å²) in [7, 11) is 0. The lowest BCUT2D eigenvalue weighted by Crippen LogP contribution is -2.44. The molecule has 0 N–H and O–H groups in total. The van der Waals surface area contributed by atoms with Crippen molar-refractivity contribution in [1.29, 1.82) is 0 Å². The average molecular weight is 507 g/mol. The molecule has 6 heteroatoms. The van der Waals surface area contributed by atoms with E-state index in [2.05, 4.69) is 12.1 Å². The molecule has 176 valence electrons. The number of carbonyl (C=O) groups is 2. The minimum absolute atomic E-state index is 0.0240. The molecule has 5 aromatic rings. The van der Waals surface area contributed by atoms with E-state index in [4.69, 9.17) is 24.4 Å². The Bertz CT molecular complexity index is 1630. The molecule has 0 radical (unpaired) electrons. The smallest absolute Gasteiger partial charge is 0.259 e. The molecule has 0 saturated heterocycles. The molecule has 0 saturated carbocycles. The van der Waals surface area contributed by atoms with Crippen LogP contribution in [0.4, 0.5) is 0 Å². The van der Waals surface area contributed by atoms with Gasteiger partial charge in [-0.2, -0.15) is 0 Å². The van der Waals surface area contributed by atoms with E-state index in [1.165, 1.54) is 0 Å². The van der Waals surface area contributed by atoms with E-state index < -0.39 is 0 Å². The Morgan fingerprint density at radius 2 is 0.806 bits per heavy atom. The van der Waals surface area contributed by atoms with Gasteiger partial charge in [0.1, 0.15) is 9.98 Å². The molecule has 2 amide bonds. The third-order valence-corrected chi connectivity index (χ3v) is 8.56. The van der Waals surface area contributed by atoms with Gasteiger partial charge in [-0.05, 0) is 72.1 Å². The maximum absolute atomic E-state index is 13.5. The van der Waals surface area contributed by atoms with E-state index >= 15 is 0 Å². The molecule has 0 fully saturated rings. The van der Waals surface area contributed by atoms with Crippen molar-refractivity contribution < 1.29 is 9.59 Å². The lowest BCUT2D eigenvalue weighted by molar-refractivity contribution is 0.0812. The van der Waals surface area contributed by atoms with Crippen LogP contribution in [0.2, 0.25) is 0 Å². The van der Waals surface area contributed by atoms with Gasteiger partial charge in [-0.15, -0.1) is 0 Å². The summed E-state index contributed by atoms with van der Waals surface area (Å²) in [5.74, 6) is -0.0982. The van der Waals surface area contributed by atoms with Gasteiger partial charge in [0.15, 0.2) is 0 Å². The van der Waals surface area contributed by atoms with Crippen LogP contribution in [-0.4, -0.2) is 43.7 Å². The Kier molecular flexibility index (Phi) is 4.27. The third kappa shape index (κ3) is 2.43. The van der Waals surface area contributed by atoms with Crippen LogP contribution >= 0.6 is 24.4 Å². The lowest BCUT2D eigenvalue weighted by Gasteiger charge is -2.34. The predicted octanol–water partition coefficient (Wildman–Crippen LogP) is 6.82. The van der Waals surface area contributed by atoms with Crippen LogP contribution in [0, 0.1) is 0 Å². The van der Waals surface area contributed by atoms with E-state index in [1.807, 2.05) is 64.1 Å². The van der Waals surface area contributed by atoms with Gasteiger partial charge in [-0.25, -0.2) is 0 Å². The highest BCUT2D eigenvalue weighted by Gasteiger charge is 2.35.